The first-order valence-corrected chi connectivity index (χ1v) is 14.6. The summed E-state index contributed by atoms with van der Waals surface area (Å²) >= 11 is 0. The van der Waals surface area contributed by atoms with Gasteiger partial charge in [0.05, 0.1) is 30.3 Å². The monoisotopic (exact) mass is 496 g/mol. The molecule has 4 aliphatic carbocycles. The molecule has 5 rings (SSSR count). The van der Waals surface area contributed by atoms with E-state index in [1.54, 1.807) is 0 Å². The molecule has 200 valence electrons. The summed E-state index contributed by atoms with van der Waals surface area (Å²) in [7, 11) is 0. The molecule has 4 fully saturated rings. The fraction of sp³-hybridized carbons (Fsp3) is 0.781. The van der Waals surface area contributed by atoms with Gasteiger partial charge in [0.1, 0.15) is 0 Å². The van der Waals surface area contributed by atoms with Crippen molar-refractivity contribution in [3.63, 3.8) is 0 Å². The fourth-order valence-corrected chi connectivity index (χ4v) is 9.31. The number of ether oxygens (including phenoxy) is 2. The van der Waals surface area contributed by atoms with Crippen LogP contribution in [0.1, 0.15) is 98.0 Å². The first-order chi connectivity index (χ1) is 17.0. The molecule has 36 heavy (non-hydrogen) atoms. The van der Waals surface area contributed by atoms with E-state index in [2.05, 4.69) is 44.2 Å². The van der Waals surface area contributed by atoms with E-state index in [1.165, 1.54) is 44.1 Å². The van der Waals surface area contributed by atoms with Crippen molar-refractivity contribution in [1.82, 2.24) is 0 Å². The molecule has 0 aliphatic heterocycles. The van der Waals surface area contributed by atoms with Crippen molar-refractivity contribution in [3.05, 3.63) is 35.9 Å². The highest BCUT2D eigenvalue weighted by atomic mass is 16.5. The number of aliphatic hydroxyl groups is 1. The maximum absolute atomic E-state index is 12.8. The molecule has 4 saturated carbocycles. The van der Waals surface area contributed by atoms with Crippen LogP contribution in [-0.4, -0.2) is 29.4 Å². The quantitative estimate of drug-likeness (QED) is 0.434. The van der Waals surface area contributed by atoms with Gasteiger partial charge in [0.2, 0.25) is 0 Å². The van der Waals surface area contributed by atoms with Crippen LogP contribution >= 0.6 is 0 Å². The van der Waals surface area contributed by atoms with Gasteiger partial charge in [-0.2, -0.15) is 0 Å². The smallest absolute Gasteiger partial charge is 0.314 e. The van der Waals surface area contributed by atoms with Crippen molar-refractivity contribution < 1.29 is 19.4 Å². The van der Waals surface area contributed by atoms with Crippen molar-refractivity contribution >= 4 is 5.97 Å². The Morgan fingerprint density at radius 3 is 2.42 bits per heavy atom. The first-order valence-electron chi connectivity index (χ1n) is 14.6. The Bertz CT molecular complexity index is 943. The minimum Gasteiger partial charge on any atom is -0.465 e. The zero-order valence-electron chi connectivity index (χ0n) is 23.2. The van der Waals surface area contributed by atoms with Gasteiger partial charge in [0.15, 0.2) is 0 Å². The van der Waals surface area contributed by atoms with E-state index in [0.29, 0.717) is 25.0 Å². The number of carbonyl (C=O) groups is 1. The van der Waals surface area contributed by atoms with Gasteiger partial charge in [-0.05, 0) is 119 Å². The average Bonchev–Trinajstić information content (AvgIpc) is 3.20. The molecule has 1 aromatic rings. The molecule has 0 spiro atoms. The summed E-state index contributed by atoms with van der Waals surface area (Å²) in [6.45, 7) is 11.7. The zero-order valence-corrected chi connectivity index (χ0v) is 23.2. The molecule has 8 atom stereocenters. The van der Waals surface area contributed by atoms with E-state index in [-0.39, 0.29) is 16.8 Å². The van der Waals surface area contributed by atoms with Crippen molar-refractivity contribution in [2.75, 3.05) is 6.61 Å². The van der Waals surface area contributed by atoms with Gasteiger partial charge in [-0.3, -0.25) is 4.79 Å². The number of hydrogen-bond donors (Lipinski definition) is 1. The lowest BCUT2D eigenvalue weighted by Crippen LogP contribution is -2.60. The largest absolute Gasteiger partial charge is 0.465 e. The van der Waals surface area contributed by atoms with Crippen LogP contribution in [0.3, 0.4) is 0 Å². The van der Waals surface area contributed by atoms with E-state index < -0.39 is 11.0 Å². The third kappa shape index (κ3) is 4.06. The van der Waals surface area contributed by atoms with Crippen molar-refractivity contribution in [2.24, 2.45) is 39.9 Å². The predicted molar refractivity (Wildman–Crippen MR) is 142 cm³/mol. The van der Waals surface area contributed by atoms with Gasteiger partial charge < -0.3 is 14.6 Å². The van der Waals surface area contributed by atoms with Gasteiger partial charge >= 0.3 is 5.97 Å². The summed E-state index contributed by atoms with van der Waals surface area (Å²) in [5.41, 5.74) is -0.0544. The highest BCUT2D eigenvalue weighted by Crippen LogP contribution is 2.68. The van der Waals surface area contributed by atoms with Crippen molar-refractivity contribution in [1.29, 1.82) is 0 Å². The number of hydrogen-bond acceptors (Lipinski definition) is 4. The number of esters is 1. The van der Waals surface area contributed by atoms with Gasteiger partial charge in [-0.1, -0.05) is 44.2 Å². The minimum atomic E-state index is -0.983. The van der Waals surface area contributed by atoms with Gasteiger partial charge in [-0.15, -0.1) is 0 Å². The standard InChI is InChI=1S/C32H48O4/c1-6-35-28(33)29(2,3)32(34)19-18-30(4)23(20-32)12-13-24-25-14-15-27(31(25,5)17-16-26(24)30)36-21-22-10-8-7-9-11-22/h7-11,23-27,34H,6,12-21H2,1-5H3/t23-,24+,25+,26-,27-,30+,31+,32-/m0/s1. The van der Waals surface area contributed by atoms with Gasteiger partial charge in [0.25, 0.3) is 0 Å². The number of benzene rings is 1. The summed E-state index contributed by atoms with van der Waals surface area (Å²) in [6, 6.07) is 10.6. The van der Waals surface area contributed by atoms with Crippen LogP contribution in [0.5, 0.6) is 0 Å². The van der Waals surface area contributed by atoms with Gasteiger partial charge in [0, 0.05) is 0 Å². The summed E-state index contributed by atoms with van der Waals surface area (Å²) in [4.78, 5) is 12.8. The highest BCUT2D eigenvalue weighted by Gasteiger charge is 2.63. The molecule has 4 nitrogen and oxygen atoms in total. The summed E-state index contributed by atoms with van der Waals surface area (Å²) in [5.74, 6) is 2.44. The van der Waals surface area contributed by atoms with E-state index in [0.717, 1.165) is 37.2 Å². The first kappa shape index (κ1) is 26.2. The maximum atomic E-state index is 12.8. The van der Waals surface area contributed by atoms with E-state index >= 15 is 0 Å². The van der Waals surface area contributed by atoms with E-state index in [1.807, 2.05) is 20.8 Å². The number of rotatable bonds is 6. The second kappa shape index (κ2) is 9.42. The van der Waals surface area contributed by atoms with Crippen LogP contribution in [0.25, 0.3) is 0 Å². The zero-order chi connectivity index (χ0) is 25.8. The molecule has 1 aromatic carbocycles. The van der Waals surface area contributed by atoms with Gasteiger partial charge in [-0.25, -0.2) is 0 Å². The third-order valence-corrected chi connectivity index (χ3v) is 11.9. The van der Waals surface area contributed by atoms with Crippen LogP contribution in [-0.2, 0) is 20.9 Å². The van der Waals surface area contributed by atoms with E-state index in [9.17, 15) is 9.90 Å². The SMILES string of the molecule is CCOC(=O)C(C)(C)[C@]1(O)CC[C@]2(C)[C@@H](CC[C@@H]3[C@H]4CC[C@H](OCc5ccccc5)[C@]4(C)CC[C@@H]32)C1. The van der Waals surface area contributed by atoms with Crippen LogP contribution in [0.15, 0.2) is 30.3 Å². The molecule has 0 radical (unpaired) electrons. The van der Waals surface area contributed by atoms with Crippen LogP contribution in [0.2, 0.25) is 0 Å². The topological polar surface area (TPSA) is 55.8 Å². The Balaban J connectivity index is 1.29. The average molecular weight is 497 g/mol. The Hall–Kier alpha value is -1.39. The van der Waals surface area contributed by atoms with Crippen LogP contribution < -0.4 is 0 Å². The molecule has 0 bridgehead atoms. The molecule has 0 unspecified atom stereocenters. The Labute approximate surface area is 218 Å². The molecular formula is C32H48O4. The molecule has 0 aromatic heterocycles. The number of fused-ring (bicyclic) bond motifs is 5. The highest BCUT2D eigenvalue weighted by molar-refractivity contribution is 5.77. The number of carbonyl (C=O) groups excluding carboxylic acids is 1. The third-order valence-electron chi connectivity index (χ3n) is 11.9. The van der Waals surface area contributed by atoms with E-state index in [4.69, 9.17) is 9.47 Å². The summed E-state index contributed by atoms with van der Waals surface area (Å²) < 4.78 is 12.0. The van der Waals surface area contributed by atoms with Crippen molar-refractivity contribution in [2.45, 2.75) is 111 Å². The molecular weight excluding hydrogens is 448 g/mol. The molecule has 1 N–H and O–H groups in total. The second-order valence-corrected chi connectivity index (χ2v) is 13.6. The normalized spacial score (nSPS) is 42.2. The Kier molecular flexibility index (Phi) is 6.86. The van der Waals surface area contributed by atoms with Crippen LogP contribution in [0, 0.1) is 39.9 Å². The fourth-order valence-electron chi connectivity index (χ4n) is 9.31. The molecule has 4 aliphatic rings. The lowest BCUT2D eigenvalue weighted by molar-refractivity contribution is -0.200. The van der Waals surface area contributed by atoms with Crippen LogP contribution in [0.4, 0.5) is 0 Å². The lowest BCUT2D eigenvalue weighted by atomic mass is 9.43. The lowest BCUT2D eigenvalue weighted by Gasteiger charge is -2.63. The minimum absolute atomic E-state index is 0.254. The molecule has 4 heteroatoms. The Morgan fingerprint density at radius 1 is 0.972 bits per heavy atom. The van der Waals surface area contributed by atoms with Crippen molar-refractivity contribution in [3.8, 4) is 0 Å². The molecule has 0 heterocycles. The summed E-state index contributed by atoms with van der Waals surface area (Å²) in [5, 5.41) is 11.8. The maximum Gasteiger partial charge on any atom is 0.314 e. The predicted octanol–water partition coefficient (Wildman–Crippen LogP) is 6.93. The molecule has 0 saturated heterocycles. The Morgan fingerprint density at radius 2 is 1.69 bits per heavy atom. The summed E-state index contributed by atoms with van der Waals surface area (Å²) in [6.07, 6.45) is 10.2. The molecule has 0 amide bonds. The second-order valence-electron chi connectivity index (χ2n) is 13.6.